The molecule has 0 N–H and O–H groups in total. The van der Waals surface area contributed by atoms with E-state index in [9.17, 15) is 4.79 Å². The number of unbranched alkanes of at least 4 members (excludes halogenated alkanes) is 24. The Hall–Kier alpha value is -0.730. The fraction of sp³-hybridized carbons (Fsp3) is 0.979. The van der Waals surface area contributed by atoms with E-state index >= 15 is 0 Å². The highest BCUT2D eigenvalue weighted by Gasteiger charge is 2.34. The van der Waals surface area contributed by atoms with Crippen LogP contribution in [-0.4, -0.2) is 102 Å². The quantitative estimate of drug-likeness (QED) is 0.0453. The second-order valence-corrected chi connectivity index (χ2v) is 17.1. The monoisotopic (exact) mass is 767 g/mol. The smallest absolute Gasteiger partial charge is 0.305 e. The van der Waals surface area contributed by atoms with E-state index in [4.69, 9.17) is 18.9 Å². The van der Waals surface area contributed by atoms with Gasteiger partial charge in [-0.1, -0.05) is 175 Å². The number of carbonyl (C=O) groups excluding carboxylic acids is 1. The van der Waals surface area contributed by atoms with Gasteiger partial charge in [0.05, 0.1) is 25.2 Å². The maximum atomic E-state index is 13.1. The number of hydrogen-bond donors (Lipinski definition) is 0. The molecule has 0 aromatic carbocycles. The molecule has 0 radical (unpaired) electrons. The number of ether oxygens (including phenoxy) is 4. The Morgan fingerprint density at radius 2 is 0.778 bits per heavy atom. The van der Waals surface area contributed by atoms with Crippen molar-refractivity contribution in [3.05, 3.63) is 0 Å². The highest BCUT2D eigenvalue weighted by atomic mass is 16.5. The van der Waals surface area contributed by atoms with E-state index in [1.54, 1.807) is 0 Å². The van der Waals surface area contributed by atoms with Gasteiger partial charge in [0.1, 0.15) is 6.61 Å². The number of rotatable bonds is 42. The van der Waals surface area contributed by atoms with Crippen LogP contribution in [0, 0.1) is 5.41 Å². The Balaban J connectivity index is 2.66. The van der Waals surface area contributed by atoms with Crippen LogP contribution in [0.3, 0.4) is 0 Å². The minimum Gasteiger partial charge on any atom is -0.465 e. The van der Waals surface area contributed by atoms with Crippen LogP contribution in [-0.2, 0) is 23.7 Å². The van der Waals surface area contributed by atoms with Gasteiger partial charge in [-0.3, -0.25) is 4.79 Å². The first-order valence-electron chi connectivity index (χ1n) is 23.8. The van der Waals surface area contributed by atoms with Crippen molar-refractivity contribution in [1.29, 1.82) is 0 Å². The van der Waals surface area contributed by atoms with Gasteiger partial charge in [0, 0.05) is 52.4 Å². The third kappa shape index (κ3) is 32.4. The summed E-state index contributed by atoms with van der Waals surface area (Å²) in [7, 11) is 2.18. The van der Waals surface area contributed by atoms with Crippen molar-refractivity contribution in [3.63, 3.8) is 0 Å². The molecule has 0 aromatic heterocycles. The third-order valence-corrected chi connectivity index (χ3v) is 11.4. The Morgan fingerprint density at radius 1 is 0.444 bits per heavy atom. The number of esters is 1. The normalized spacial score (nSPS) is 14.3. The van der Waals surface area contributed by atoms with Crippen molar-refractivity contribution in [2.24, 2.45) is 5.41 Å². The predicted molar refractivity (Wildman–Crippen MR) is 231 cm³/mol. The van der Waals surface area contributed by atoms with Gasteiger partial charge in [-0.25, -0.2) is 0 Å². The van der Waals surface area contributed by atoms with Crippen molar-refractivity contribution in [1.82, 2.24) is 9.80 Å². The number of carbonyl (C=O) groups is 1. The first-order chi connectivity index (χ1) is 26.5. The van der Waals surface area contributed by atoms with Crippen LogP contribution in [0.25, 0.3) is 0 Å². The molecule has 0 bridgehead atoms. The van der Waals surface area contributed by atoms with E-state index in [2.05, 4.69) is 37.6 Å². The average molecular weight is 767 g/mol. The minimum atomic E-state index is -0.481. The molecule has 0 unspecified atom stereocenters. The van der Waals surface area contributed by atoms with Gasteiger partial charge in [-0.05, 0) is 39.3 Å². The molecule has 0 atom stereocenters. The van der Waals surface area contributed by atoms with Crippen LogP contribution in [0.5, 0.6) is 0 Å². The van der Waals surface area contributed by atoms with E-state index in [-0.39, 0.29) is 5.97 Å². The zero-order chi connectivity index (χ0) is 39.1. The van der Waals surface area contributed by atoms with Crippen molar-refractivity contribution in [2.75, 3.05) is 86.0 Å². The molecule has 0 saturated carbocycles. The maximum absolute atomic E-state index is 13.1. The van der Waals surface area contributed by atoms with Crippen LogP contribution in [0.15, 0.2) is 0 Å². The summed E-state index contributed by atoms with van der Waals surface area (Å²) in [5.74, 6) is -0.106. The molecule has 1 aliphatic rings. The van der Waals surface area contributed by atoms with Crippen molar-refractivity contribution in [3.8, 4) is 0 Å². The average Bonchev–Trinajstić information content (AvgIpc) is 3.18. The number of likely N-dealkylation sites (N-methyl/N-ethyl adjacent to an activating group) is 1. The Morgan fingerprint density at radius 3 is 1.13 bits per heavy atom. The van der Waals surface area contributed by atoms with E-state index in [0.717, 1.165) is 78.2 Å². The lowest BCUT2D eigenvalue weighted by Crippen LogP contribution is -2.44. The number of piperazine rings is 1. The minimum absolute atomic E-state index is 0.106. The molecule has 7 nitrogen and oxygen atoms in total. The molecule has 0 aromatic rings. The highest BCUT2D eigenvalue weighted by molar-refractivity contribution is 5.69. The first kappa shape index (κ1) is 51.3. The van der Waals surface area contributed by atoms with Crippen LogP contribution in [0.4, 0.5) is 0 Å². The van der Waals surface area contributed by atoms with Gasteiger partial charge in [0.15, 0.2) is 0 Å². The molecule has 1 fully saturated rings. The van der Waals surface area contributed by atoms with Gasteiger partial charge in [-0.2, -0.15) is 0 Å². The summed E-state index contributed by atoms with van der Waals surface area (Å²) in [6, 6.07) is 0. The molecule has 1 heterocycles. The molecule has 0 amide bonds. The largest absolute Gasteiger partial charge is 0.465 e. The van der Waals surface area contributed by atoms with E-state index in [1.807, 2.05) is 0 Å². The Kier molecular flexibility index (Phi) is 37.1. The molecule has 1 rings (SSSR count). The summed E-state index contributed by atoms with van der Waals surface area (Å²) in [5.41, 5.74) is -0.481. The highest BCUT2D eigenvalue weighted by Crippen LogP contribution is 2.23. The Labute approximate surface area is 337 Å². The van der Waals surface area contributed by atoms with Crippen molar-refractivity contribution < 1.29 is 23.7 Å². The lowest BCUT2D eigenvalue weighted by molar-refractivity contribution is -0.156. The van der Waals surface area contributed by atoms with Gasteiger partial charge >= 0.3 is 5.97 Å². The molecule has 322 valence electrons. The van der Waals surface area contributed by atoms with Crippen LogP contribution < -0.4 is 0 Å². The first-order valence-corrected chi connectivity index (χ1v) is 23.8. The Bertz CT molecular complexity index is 711. The van der Waals surface area contributed by atoms with Gasteiger partial charge in [0.25, 0.3) is 0 Å². The second-order valence-electron chi connectivity index (χ2n) is 17.1. The van der Waals surface area contributed by atoms with Crippen LogP contribution >= 0.6 is 0 Å². The third-order valence-electron chi connectivity index (χ3n) is 11.4. The van der Waals surface area contributed by atoms with Gasteiger partial charge in [0.2, 0.25) is 0 Å². The lowest BCUT2D eigenvalue weighted by atomic mass is 9.92. The molecular formula is C47H94N2O5. The SMILES string of the molecule is CCCCCCCCCCCOCC(COCCCCCCCCCCC)(COCCCCCCCCCCC)COC(=O)CCCN1CCN(C)CC1. The summed E-state index contributed by atoms with van der Waals surface area (Å²) >= 11 is 0. The predicted octanol–water partition coefficient (Wildman–Crippen LogP) is 12.2. The lowest BCUT2D eigenvalue weighted by Gasteiger charge is -2.33. The summed E-state index contributed by atoms with van der Waals surface area (Å²) in [6.07, 6.45) is 36.4. The molecule has 7 heteroatoms. The van der Waals surface area contributed by atoms with Crippen LogP contribution in [0.1, 0.15) is 207 Å². The number of nitrogens with zero attached hydrogens (tertiary/aromatic N) is 2. The summed E-state index contributed by atoms with van der Waals surface area (Å²) in [5, 5.41) is 0. The topological polar surface area (TPSA) is 60.5 Å². The van der Waals surface area contributed by atoms with Crippen molar-refractivity contribution >= 4 is 5.97 Å². The maximum Gasteiger partial charge on any atom is 0.305 e. The second kappa shape index (κ2) is 39.1. The molecule has 0 spiro atoms. The van der Waals surface area contributed by atoms with Crippen LogP contribution in [0.2, 0.25) is 0 Å². The molecule has 0 aliphatic carbocycles. The molecule has 1 saturated heterocycles. The van der Waals surface area contributed by atoms with Gasteiger partial charge < -0.3 is 28.7 Å². The van der Waals surface area contributed by atoms with Crippen molar-refractivity contribution in [2.45, 2.75) is 207 Å². The summed E-state index contributed by atoms with van der Waals surface area (Å²) in [6.45, 7) is 16.2. The zero-order valence-electron chi connectivity index (χ0n) is 36.9. The zero-order valence-corrected chi connectivity index (χ0v) is 36.9. The molecular weight excluding hydrogens is 673 g/mol. The van der Waals surface area contributed by atoms with Gasteiger partial charge in [-0.15, -0.1) is 0 Å². The molecule has 54 heavy (non-hydrogen) atoms. The summed E-state index contributed by atoms with van der Waals surface area (Å²) in [4.78, 5) is 17.9. The molecule has 1 aliphatic heterocycles. The number of hydrogen-bond acceptors (Lipinski definition) is 7. The van der Waals surface area contributed by atoms with E-state index in [0.29, 0.717) is 32.8 Å². The fourth-order valence-corrected chi connectivity index (χ4v) is 7.48. The summed E-state index contributed by atoms with van der Waals surface area (Å²) < 4.78 is 25.3. The standard InChI is InChI=1S/C47H94N2O5/c1-5-8-11-14-17-20-23-26-29-39-51-42-47(43-52-40-30-27-24-21-18-15-12-9-6-2,44-53-41-31-28-25-22-19-16-13-10-7-3)45-54-46(50)33-32-34-49-37-35-48(4)36-38-49/h5-45H2,1-4H3. The fourth-order valence-electron chi connectivity index (χ4n) is 7.48. The van der Waals surface area contributed by atoms with E-state index in [1.165, 1.54) is 154 Å². The van der Waals surface area contributed by atoms with E-state index < -0.39 is 5.41 Å².